The number of hydrogen-bond acceptors (Lipinski definition) is 4. The summed E-state index contributed by atoms with van der Waals surface area (Å²) in [6.45, 7) is 9.67. The first kappa shape index (κ1) is 21.9. The molecule has 0 radical (unpaired) electrons. The molecule has 1 N–H and O–H groups in total. The molecule has 1 amide bonds. The Bertz CT molecular complexity index is 673. The van der Waals surface area contributed by atoms with E-state index in [1.807, 2.05) is 13.8 Å². The van der Waals surface area contributed by atoms with Crippen LogP contribution in [-0.2, 0) is 14.8 Å². The molecule has 0 aliphatic rings. The molecule has 1 aromatic rings. The zero-order valence-corrected chi connectivity index (χ0v) is 16.8. The van der Waals surface area contributed by atoms with Crippen LogP contribution in [-0.4, -0.2) is 51.5 Å². The number of rotatable bonds is 10. The average Bonchev–Trinajstić information content (AvgIpc) is 2.55. The predicted octanol–water partition coefficient (Wildman–Crippen LogP) is 2.77. The van der Waals surface area contributed by atoms with E-state index in [9.17, 15) is 13.2 Å². The van der Waals surface area contributed by atoms with Crippen LogP contribution in [0.5, 0.6) is 0 Å². The second kappa shape index (κ2) is 10.1. The standard InChI is InChI=1S/C17H27ClN2O4S/c1-5-20(6-2)25(22,23)14-7-8-16(18)15(11-14)17(21)19-9-10-24-12-13(3)4/h7-8,11,13H,5-6,9-10,12H2,1-4H3,(H,19,21). The van der Waals surface area contributed by atoms with Crippen molar-refractivity contribution in [3.05, 3.63) is 28.8 Å². The number of carbonyl (C=O) groups is 1. The van der Waals surface area contributed by atoms with Crippen LogP contribution in [0.4, 0.5) is 0 Å². The summed E-state index contributed by atoms with van der Waals surface area (Å²) in [5, 5.41) is 2.90. The predicted molar refractivity (Wildman–Crippen MR) is 99.5 cm³/mol. The molecule has 142 valence electrons. The van der Waals surface area contributed by atoms with Gasteiger partial charge in [0.15, 0.2) is 0 Å². The van der Waals surface area contributed by atoms with Crippen LogP contribution in [0, 0.1) is 5.92 Å². The fourth-order valence-corrected chi connectivity index (χ4v) is 3.89. The summed E-state index contributed by atoms with van der Waals surface area (Å²) in [4.78, 5) is 12.3. The van der Waals surface area contributed by atoms with Gasteiger partial charge in [0.05, 0.1) is 22.1 Å². The number of sulfonamides is 1. The third kappa shape index (κ3) is 6.26. The van der Waals surface area contributed by atoms with E-state index in [1.165, 1.54) is 22.5 Å². The Hall–Kier alpha value is -1.15. The molecule has 0 aliphatic heterocycles. The normalized spacial score (nSPS) is 12.0. The highest BCUT2D eigenvalue weighted by Gasteiger charge is 2.23. The molecule has 0 saturated carbocycles. The molecule has 0 unspecified atom stereocenters. The van der Waals surface area contributed by atoms with Crippen molar-refractivity contribution in [3.8, 4) is 0 Å². The summed E-state index contributed by atoms with van der Waals surface area (Å²) in [5.74, 6) is 0.00172. The molecule has 0 aromatic heterocycles. The van der Waals surface area contributed by atoms with Gasteiger partial charge in [0.1, 0.15) is 0 Å². The number of amides is 1. The quantitative estimate of drug-likeness (QED) is 0.623. The maximum atomic E-state index is 12.6. The maximum Gasteiger partial charge on any atom is 0.252 e. The highest BCUT2D eigenvalue weighted by Crippen LogP contribution is 2.23. The Morgan fingerprint density at radius 1 is 1.28 bits per heavy atom. The Kier molecular flexibility index (Phi) is 8.85. The molecule has 0 bridgehead atoms. The molecule has 0 atom stereocenters. The van der Waals surface area contributed by atoms with Crippen LogP contribution < -0.4 is 5.32 Å². The highest BCUT2D eigenvalue weighted by molar-refractivity contribution is 7.89. The Balaban J connectivity index is 2.86. The van der Waals surface area contributed by atoms with Gasteiger partial charge >= 0.3 is 0 Å². The number of nitrogens with zero attached hydrogens (tertiary/aromatic N) is 1. The van der Waals surface area contributed by atoms with Crippen molar-refractivity contribution in [3.63, 3.8) is 0 Å². The fraction of sp³-hybridized carbons (Fsp3) is 0.588. The van der Waals surface area contributed by atoms with Crippen molar-refractivity contribution in [1.82, 2.24) is 9.62 Å². The third-order valence-electron chi connectivity index (χ3n) is 3.51. The summed E-state index contributed by atoms with van der Waals surface area (Å²) < 4.78 is 31.9. The first-order valence-electron chi connectivity index (χ1n) is 8.39. The van der Waals surface area contributed by atoms with E-state index in [0.717, 1.165) is 0 Å². The van der Waals surface area contributed by atoms with Crippen molar-refractivity contribution in [2.75, 3.05) is 32.8 Å². The summed E-state index contributed by atoms with van der Waals surface area (Å²) in [6, 6.07) is 4.17. The van der Waals surface area contributed by atoms with Gasteiger partial charge in [0.25, 0.3) is 5.91 Å². The van der Waals surface area contributed by atoms with Crippen LogP contribution >= 0.6 is 11.6 Å². The van der Waals surface area contributed by atoms with E-state index < -0.39 is 15.9 Å². The molecular formula is C17H27ClN2O4S. The summed E-state index contributed by atoms with van der Waals surface area (Å²) in [6.07, 6.45) is 0. The monoisotopic (exact) mass is 390 g/mol. The lowest BCUT2D eigenvalue weighted by atomic mass is 10.2. The van der Waals surface area contributed by atoms with Gasteiger partial charge in [0.2, 0.25) is 10.0 Å². The molecule has 1 aromatic carbocycles. The van der Waals surface area contributed by atoms with Gasteiger partial charge in [-0.2, -0.15) is 4.31 Å². The average molecular weight is 391 g/mol. The van der Waals surface area contributed by atoms with Crippen LogP contribution in [0.25, 0.3) is 0 Å². The van der Waals surface area contributed by atoms with Gasteiger partial charge in [-0.3, -0.25) is 4.79 Å². The van der Waals surface area contributed by atoms with Crippen molar-refractivity contribution >= 4 is 27.5 Å². The zero-order valence-electron chi connectivity index (χ0n) is 15.2. The Morgan fingerprint density at radius 2 is 1.92 bits per heavy atom. The molecular weight excluding hydrogens is 364 g/mol. The first-order chi connectivity index (χ1) is 11.7. The van der Waals surface area contributed by atoms with Gasteiger partial charge in [-0.1, -0.05) is 39.3 Å². The number of ether oxygens (including phenoxy) is 1. The molecule has 8 heteroatoms. The molecule has 25 heavy (non-hydrogen) atoms. The summed E-state index contributed by atoms with van der Waals surface area (Å²) >= 11 is 6.07. The van der Waals surface area contributed by atoms with Gasteiger partial charge in [0, 0.05) is 26.2 Å². The second-order valence-electron chi connectivity index (χ2n) is 5.96. The van der Waals surface area contributed by atoms with Crippen LogP contribution in [0.3, 0.4) is 0 Å². The second-order valence-corrected chi connectivity index (χ2v) is 8.30. The maximum absolute atomic E-state index is 12.6. The molecule has 6 nitrogen and oxygen atoms in total. The van der Waals surface area contributed by atoms with Gasteiger partial charge in [-0.25, -0.2) is 8.42 Å². The molecule has 0 spiro atoms. The number of benzene rings is 1. The van der Waals surface area contributed by atoms with E-state index in [0.29, 0.717) is 38.8 Å². The number of nitrogens with one attached hydrogen (secondary N) is 1. The van der Waals surface area contributed by atoms with Crippen LogP contribution in [0.1, 0.15) is 38.1 Å². The Labute approximate surface area is 155 Å². The Morgan fingerprint density at radius 3 is 2.48 bits per heavy atom. The van der Waals surface area contributed by atoms with Crippen molar-refractivity contribution in [2.24, 2.45) is 5.92 Å². The first-order valence-corrected chi connectivity index (χ1v) is 10.2. The van der Waals surface area contributed by atoms with E-state index >= 15 is 0 Å². The topological polar surface area (TPSA) is 75.7 Å². The van der Waals surface area contributed by atoms with Crippen molar-refractivity contribution < 1.29 is 17.9 Å². The summed E-state index contributed by atoms with van der Waals surface area (Å²) in [7, 11) is -3.64. The molecule has 0 fully saturated rings. The largest absolute Gasteiger partial charge is 0.379 e. The van der Waals surface area contributed by atoms with Crippen LogP contribution in [0.2, 0.25) is 5.02 Å². The van der Waals surface area contributed by atoms with Gasteiger partial charge in [-0.15, -0.1) is 0 Å². The number of hydrogen-bond donors (Lipinski definition) is 1. The van der Waals surface area contributed by atoms with Gasteiger partial charge < -0.3 is 10.1 Å². The SMILES string of the molecule is CCN(CC)S(=O)(=O)c1ccc(Cl)c(C(=O)NCCOCC(C)C)c1. The molecule has 1 rings (SSSR count). The third-order valence-corrected chi connectivity index (χ3v) is 5.88. The van der Waals surface area contributed by atoms with Gasteiger partial charge in [-0.05, 0) is 24.1 Å². The minimum Gasteiger partial charge on any atom is -0.379 e. The molecule has 0 saturated heterocycles. The minimum atomic E-state index is -3.64. The van der Waals surface area contributed by atoms with E-state index in [2.05, 4.69) is 5.32 Å². The van der Waals surface area contributed by atoms with E-state index in [4.69, 9.17) is 16.3 Å². The lowest BCUT2D eigenvalue weighted by Crippen LogP contribution is -2.31. The van der Waals surface area contributed by atoms with Crippen LogP contribution in [0.15, 0.2) is 23.1 Å². The lowest BCUT2D eigenvalue weighted by molar-refractivity contribution is 0.0886. The van der Waals surface area contributed by atoms with Crippen molar-refractivity contribution in [2.45, 2.75) is 32.6 Å². The smallest absolute Gasteiger partial charge is 0.252 e. The van der Waals surface area contributed by atoms with E-state index in [1.54, 1.807) is 13.8 Å². The van der Waals surface area contributed by atoms with E-state index in [-0.39, 0.29) is 15.5 Å². The number of halogens is 1. The zero-order chi connectivity index (χ0) is 19.0. The highest BCUT2D eigenvalue weighted by atomic mass is 35.5. The number of carbonyl (C=O) groups excluding carboxylic acids is 1. The molecule has 0 heterocycles. The van der Waals surface area contributed by atoms with Crippen molar-refractivity contribution in [1.29, 1.82) is 0 Å². The summed E-state index contributed by atoms with van der Waals surface area (Å²) in [5.41, 5.74) is 0.138. The minimum absolute atomic E-state index is 0.0572. The molecule has 0 aliphatic carbocycles. The fourth-order valence-electron chi connectivity index (χ4n) is 2.20. The lowest BCUT2D eigenvalue weighted by Gasteiger charge is -2.19.